The van der Waals surface area contributed by atoms with Crippen LogP contribution in [0.4, 0.5) is 0 Å². The van der Waals surface area contributed by atoms with Gasteiger partial charge in [-0.15, -0.1) is 0 Å². The number of halogens is 2. The lowest BCUT2D eigenvalue weighted by molar-refractivity contribution is 0.127. The van der Waals surface area contributed by atoms with Gasteiger partial charge in [-0.25, -0.2) is 0 Å². The highest BCUT2D eigenvalue weighted by atomic mass is 79.9. The zero-order chi connectivity index (χ0) is 12.3. The Balaban J connectivity index is 1.95. The van der Waals surface area contributed by atoms with Gasteiger partial charge >= 0.3 is 0 Å². The smallest absolute Gasteiger partial charge is 0.0460 e. The van der Waals surface area contributed by atoms with E-state index in [0.29, 0.717) is 12.5 Å². The summed E-state index contributed by atoms with van der Waals surface area (Å²) in [5.74, 6) is 0.494. The summed E-state index contributed by atoms with van der Waals surface area (Å²) in [6.45, 7) is 3.38. The predicted octanol–water partition coefficient (Wildman–Crippen LogP) is 3.31. The molecule has 1 aromatic rings. The highest BCUT2D eigenvalue weighted by Gasteiger charge is 2.18. The van der Waals surface area contributed by atoms with Crippen LogP contribution in [-0.4, -0.2) is 29.7 Å². The van der Waals surface area contributed by atoms with Gasteiger partial charge in [-0.05, 0) is 55.6 Å². The molecule has 0 amide bonds. The number of rotatable bonds is 3. The Kier molecular flexibility index (Phi) is 4.86. The van der Waals surface area contributed by atoms with Crippen LogP contribution < -0.4 is 0 Å². The second-order valence-electron chi connectivity index (χ2n) is 4.64. The molecular formula is C13H17BrClNO. The molecule has 4 heteroatoms. The van der Waals surface area contributed by atoms with E-state index in [1.54, 1.807) is 0 Å². The Labute approximate surface area is 116 Å². The van der Waals surface area contributed by atoms with E-state index in [0.717, 1.165) is 42.0 Å². The Morgan fingerprint density at radius 1 is 1.35 bits per heavy atom. The maximum Gasteiger partial charge on any atom is 0.0460 e. The maximum absolute atomic E-state index is 9.10. The SMILES string of the molecule is OCC1CCN(Cc2cc(Cl)ccc2Br)CC1. The molecule has 0 unspecified atom stereocenters. The molecule has 0 aromatic heterocycles. The summed E-state index contributed by atoms with van der Waals surface area (Å²) in [5, 5.41) is 9.89. The molecule has 1 heterocycles. The number of hydrogen-bond acceptors (Lipinski definition) is 2. The van der Waals surface area contributed by atoms with Crippen LogP contribution >= 0.6 is 27.5 Å². The van der Waals surface area contributed by atoms with Crippen molar-refractivity contribution in [2.75, 3.05) is 19.7 Å². The highest BCUT2D eigenvalue weighted by Crippen LogP contribution is 2.24. The standard InChI is InChI=1S/C13H17BrClNO/c14-13-2-1-12(15)7-11(13)8-16-5-3-10(9-17)4-6-16/h1-2,7,10,17H,3-6,8-9H2. The van der Waals surface area contributed by atoms with E-state index >= 15 is 0 Å². The summed E-state index contributed by atoms with van der Waals surface area (Å²) >= 11 is 9.57. The molecule has 0 atom stereocenters. The first-order chi connectivity index (χ1) is 8.19. The molecule has 1 aromatic carbocycles. The third-order valence-corrected chi connectivity index (χ3v) is 4.38. The van der Waals surface area contributed by atoms with Gasteiger partial charge in [0.05, 0.1) is 0 Å². The number of likely N-dealkylation sites (tertiary alicyclic amines) is 1. The molecule has 0 aliphatic carbocycles. The highest BCUT2D eigenvalue weighted by molar-refractivity contribution is 9.10. The Morgan fingerprint density at radius 3 is 2.71 bits per heavy atom. The quantitative estimate of drug-likeness (QED) is 0.924. The van der Waals surface area contributed by atoms with Crippen LogP contribution in [0.5, 0.6) is 0 Å². The van der Waals surface area contributed by atoms with Gasteiger partial charge in [0.25, 0.3) is 0 Å². The Hall–Kier alpha value is -0.0900. The van der Waals surface area contributed by atoms with Crippen LogP contribution in [0, 0.1) is 5.92 Å². The minimum atomic E-state index is 0.328. The molecule has 1 N–H and O–H groups in total. The van der Waals surface area contributed by atoms with E-state index in [1.165, 1.54) is 5.56 Å². The summed E-state index contributed by atoms with van der Waals surface area (Å²) < 4.78 is 1.12. The van der Waals surface area contributed by atoms with Crippen LogP contribution in [0.25, 0.3) is 0 Å². The molecule has 17 heavy (non-hydrogen) atoms. The molecule has 1 aliphatic rings. The minimum Gasteiger partial charge on any atom is -0.396 e. The summed E-state index contributed by atoms with van der Waals surface area (Å²) in [6.07, 6.45) is 2.18. The lowest BCUT2D eigenvalue weighted by atomic mass is 9.97. The van der Waals surface area contributed by atoms with E-state index in [4.69, 9.17) is 16.7 Å². The van der Waals surface area contributed by atoms with Crippen LogP contribution in [0.2, 0.25) is 5.02 Å². The lowest BCUT2D eigenvalue weighted by Gasteiger charge is -2.31. The zero-order valence-electron chi connectivity index (χ0n) is 9.70. The van der Waals surface area contributed by atoms with Crippen molar-refractivity contribution in [2.24, 2.45) is 5.92 Å². The van der Waals surface area contributed by atoms with E-state index in [1.807, 2.05) is 18.2 Å². The van der Waals surface area contributed by atoms with E-state index in [9.17, 15) is 0 Å². The van der Waals surface area contributed by atoms with Crippen molar-refractivity contribution < 1.29 is 5.11 Å². The van der Waals surface area contributed by atoms with Crippen LogP contribution in [0.15, 0.2) is 22.7 Å². The first-order valence-electron chi connectivity index (χ1n) is 5.96. The molecule has 0 spiro atoms. The number of nitrogens with zero attached hydrogens (tertiary/aromatic N) is 1. The molecule has 0 radical (unpaired) electrons. The van der Waals surface area contributed by atoms with Crippen LogP contribution in [0.3, 0.4) is 0 Å². The summed E-state index contributed by atoms with van der Waals surface area (Å²) in [7, 11) is 0. The monoisotopic (exact) mass is 317 g/mol. The molecule has 2 nitrogen and oxygen atoms in total. The number of hydrogen-bond donors (Lipinski definition) is 1. The van der Waals surface area contributed by atoms with E-state index < -0.39 is 0 Å². The van der Waals surface area contributed by atoms with Gasteiger partial charge in [-0.2, -0.15) is 0 Å². The number of benzene rings is 1. The largest absolute Gasteiger partial charge is 0.396 e. The second kappa shape index (κ2) is 6.19. The topological polar surface area (TPSA) is 23.5 Å². The molecule has 1 aliphatic heterocycles. The van der Waals surface area contributed by atoms with Gasteiger partial charge < -0.3 is 5.11 Å². The van der Waals surface area contributed by atoms with Crippen molar-refractivity contribution in [3.05, 3.63) is 33.3 Å². The summed E-state index contributed by atoms with van der Waals surface area (Å²) in [4.78, 5) is 2.42. The van der Waals surface area contributed by atoms with Gasteiger partial charge in [0.15, 0.2) is 0 Å². The summed E-state index contributed by atoms with van der Waals surface area (Å²) in [6, 6.07) is 5.91. The van der Waals surface area contributed by atoms with Crippen molar-refractivity contribution in [1.29, 1.82) is 0 Å². The first-order valence-corrected chi connectivity index (χ1v) is 7.13. The molecule has 0 saturated carbocycles. The fourth-order valence-corrected chi connectivity index (χ4v) is 2.80. The van der Waals surface area contributed by atoms with E-state index in [-0.39, 0.29) is 0 Å². The molecule has 0 bridgehead atoms. The molecule has 94 valence electrons. The van der Waals surface area contributed by atoms with Gasteiger partial charge in [-0.1, -0.05) is 27.5 Å². The number of aliphatic hydroxyl groups is 1. The van der Waals surface area contributed by atoms with Crippen molar-refractivity contribution in [3.63, 3.8) is 0 Å². The fraction of sp³-hybridized carbons (Fsp3) is 0.538. The van der Waals surface area contributed by atoms with Crippen LogP contribution in [-0.2, 0) is 6.54 Å². The third-order valence-electron chi connectivity index (χ3n) is 3.37. The van der Waals surface area contributed by atoms with Gasteiger partial charge in [0.2, 0.25) is 0 Å². The van der Waals surface area contributed by atoms with Crippen LogP contribution in [0.1, 0.15) is 18.4 Å². The van der Waals surface area contributed by atoms with Crippen molar-refractivity contribution in [3.8, 4) is 0 Å². The van der Waals surface area contributed by atoms with E-state index in [2.05, 4.69) is 20.8 Å². The molecule has 1 saturated heterocycles. The number of piperidine rings is 1. The zero-order valence-corrected chi connectivity index (χ0v) is 12.0. The average molecular weight is 319 g/mol. The fourth-order valence-electron chi connectivity index (χ4n) is 2.23. The molecule has 1 fully saturated rings. The second-order valence-corrected chi connectivity index (χ2v) is 5.93. The van der Waals surface area contributed by atoms with Crippen molar-refractivity contribution in [1.82, 2.24) is 4.90 Å². The molecular weight excluding hydrogens is 302 g/mol. The molecule has 2 rings (SSSR count). The third kappa shape index (κ3) is 3.68. The summed E-state index contributed by atoms with van der Waals surface area (Å²) in [5.41, 5.74) is 1.24. The predicted molar refractivity (Wildman–Crippen MR) is 74.2 cm³/mol. The number of aliphatic hydroxyl groups excluding tert-OH is 1. The first kappa shape index (κ1) is 13.3. The average Bonchev–Trinajstić information content (AvgIpc) is 2.35. The van der Waals surface area contributed by atoms with Gasteiger partial charge in [0, 0.05) is 22.6 Å². The van der Waals surface area contributed by atoms with Gasteiger partial charge in [-0.3, -0.25) is 4.90 Å². The Bertz CT molecular complexity index is 378. The normalized spacial score (nSPS) is 18.5. The van der Waals surface area contributed by atoms with Crippen molar-refractivity contribution in [2.45, 2.75) is 19.4 Å². The lowest BCUT2D eigenvalue weighted by Crippen LogP contribution is -2.34. The van der Waals surface area contributed by atoms with Gasteiger partial charge in [0.1, 0.15) is 0 Å². The van der Waals surface area contributed by atoms with Crippen molar-refractivity contribution >= 4 is 27.5 Å². The minimum absolute atomic E-state index is 0.328. The maximum atomic E-state index is 9.10. The Morgan fingerprint density at radius 2 is 2.06 bits per heavy atom.